The van der Waals surface area contributed by atoms with E-state index in [1.807, 2.05) is 6.92 Å². The van der Waals surface area contributed by atoms with Gasteiger partial charge in [0.2, 0.25) is 0 Å². The molecule has 0 atom stereocenters. The van der Waals surface area contributed by atoms with Gasteiger partial charge in [0.05, 0.1) is 10.5 Å². The van der Waals surface area contributed by atoms with Gasteiger partial charge >= 0.3 is 5.97 Å². The van der Waals surface area contributed by atoms with Crippen molar-refractivity contribution in [2.45, 2.75) is 45.1 Å². The van der Waals surface area contributed by atoms with Crippen LogP contribution in [0.4, 0.5) is 0 Å². The highest BCUT2D eigenvalue weighted by Crippen LogP contribution is 2.12. The molecule has 0 unspecified atom stereocenters. The van der Waals surface area contributed by atoms with E-state index >= 15 is 0 Å². The van der Waals surface area contributed by atoms with Crippen molar-refractivity contribution in [3.8, 4) is 0 Å². The van der Waals surface area contributed by atoms with Gasteiger partial charge in [0.1, 0.15) is 5.60 Å². The van der Waals surface area contributed by atoms with Crippen molar-refractivity contribution in [3.05, 3.63) is 41.6 Å². The lowest BCUT2D eigenvalue weighted by Crippen LogP contribution is -2.25. The molecule has 0 aromatic heterocycles. The molecule has 5 nitrogen and oxygen atoms in total. The number of nitrogens with one attached hydrogen (secondary N) is 1. The molecule has 0 heterocycles. The third-order valence-electron chi connectivity index (χ3n) is 2.48. The lowest BCUT2D eigenvalue weighted by Gasteiger charge is -2.19. The molecule has 1 aromatic rings. The molecule has 0 saturated heterocycles. The smallest absolute Gasteiger partial charge is 0.335 e. The highest BCUT2D eigenvalue weighted by molar-refractivity contribution is 7.89. The Morgan fingerprint density at radius 1 is 1.19 bits per heavy atom. The largest absolute Gasteiger partial charge is 0.457 e. The van der Waals surface area contributed by atoms with E-state index in [1.54, 1.807) is 32.9 Å². The summed E-state index contributed by atoms with van der Waals surface area (Å²) in [5.41, 5.74) is 0.525. The fourth-order valence-corrected chi connectivity index (χ4v) is 2.33. The highest BCUT2D eigenvalue weighted by Gasteiger charge is 2.18. The van der Waals surface area contributed by atoms with Crippen LogP contribution in [0, 0.1) is 6.92 Å². The van der Waals surface area contributed by atoms with Gasteiger partial charge in [-0.2, -0.15) is 0 Å². The van der Waals surface area contributed by atoms with Crippen molar-refractivity contribution in [2.75, 3.05) is 0 Å². The molecule has 1 aromatic carbocycles. The van der Waals surface area contributed by atoms with Crippen molar-refractivity contribution < 1.29 is 17.9 Å². The molecule has 0 fully saturated rings. The number of hydrogen-bond acceptors (Lipinski definition) is 4. The maximum atomic E-state index is 12.0. The zero-order chi connectivity index (χ0) is 16.3. The second-order valence-electron chi connectivity index (χ2n) is 5.76. The normalized spacial score (nSPS) is 12.9. The molecule has 0 saturated carbocycles. The van der Waals surface area contributed by atoms with Crippen molar-refractivity contribution in [1.29, 1.82) is 0 Å². The van der Waals surface area contributed by atoms with Crippen molar-refractivity contribution in [2.24, 2.45) is 0 Å². The van der Waals surface area contributed by atoms with Crippen LogP contribution in [0.3, 0.4) is 0 Å². The van der Waals surface area contributed by atoms with Crippen molar-refractivity contribution in [1.82, 2.24) is 4.72 Å². The first kappa shape index (κ1) is 17.2. The summed E-state index contributed by atoms with van der Waals surface area (Å²) in [6, 6.07) is 6.43. The number of ether oxygens (including phenoxy) is 1. The molecule has 0 spiro atoms. The number of sulfonamides is 1. The molecule has 21 heavy (non-hydrogen) atoms. The van der Waals surface area contributed by atoms with Crippen LogP contribution in [0.1, 0.15) is 33.3 Å². The van der Waals surface area contributed by atoms with E-state index in [-0.39, 0.29) is 10.5 Å². The lowest BCUT2D eigenvalue weighted by atomic mass is 10.2. The number of hydrogen-bond donors (Lipinski definition) is 1. The lowest BCUT2D eigenvalue weighted by molar-refractivity contribution is -0.149. The molecule has 0 aliphatic carbocycles. The van der Waals surface area contributed by atoms with Crippen LogP contribution in [0.25, 0.3) is 0 Å². The Hall–Kier alpha value is -1.82. The molecule has 0 bridgehead atoms. The minimum Gasteiger partial charge on any atom is -0.457 e. The molecule has 0 amide bonds. The molecular weight excluding hydrogens is 290 g/mol. The average Bonchev–Trinajstić information content (AvgIpc) is 2.34. The van der Waals surface area contributed by atoms with E-state index in [9.17, 15) is 13.2 Å². The van der Waals surface area contributed by atoms with Crippen LogP contribution in [-0.2, 0) is 19.6 Å². The molecule has 1 N–H and O–H groups in total. The second-order valence-corrected chi connectivity index (χ2v) is 7.48. The predicted molar refractivity (Wildman–Crippen MR) is 81.1 cm³/mol. The third-order valence-corrected chi connectivity index (χ3v) is 3.80. The first-order valence-corrected chi connectivity index (χ1v) is 7.99. The number of rotatable bonds is 4. The second kappa shape index (κ2) is 6.30. The van der Waals surface area contributed by atoms with Gasteiger partial charge in [-0.3, -0.25) is 4.72 Å². The minimum atomic E-state index is -3.68. The molecule has 116 valence electrons. The summed E-state index contributed by atoms with van der Waals surface area (Å²) >= 11 is 0. The van der Waals surface area contributed by atoms with Gasteiger partial charge in [-0.25, -0.2) is 13.2 Å². The number of aryl methyl sites for hydroxylation is 1. The summed E-state index contributed by atoms with van der Waals surface area (Å²) in [6.07, 6.45) is 1.14. The molecule has 0 aliphatic heterocycles. The standard InChI is InChI=1S/C15H21NO4S/c1-11-6-8-13(9-7-11)21(18,19)16-10-12(2)14(17)20-15(3,4)5/h6-10,16H,1-5H3. The molecule has 0 aliphatic rings. The summed E-state index contributed by atoms with van der Waals surface area (Å²) < 4.78 is 31.5. The Morgan fingerprint density at radius 2 is 1.71 bits per heavy atom. The van der Waals surface area contributed by atoms with Crippen LogP contribution in [0.15, 0.2) is 40.9 Å². The minimum absolute atomic E-state index is 0.140. The van der Waals surface area contributed by atoms with E-state index < -0.39 is 21.6 Å². The molecular formula is C15H21NO4S. The first-order valence-electron chi connectivity index (χ1n) is 6.50. The van der Waals surface area contributed by atoms with Gasteiger partial charge < -0.3 is 4.74 Å². The topological polar surface area (TPSA) is 72.5 Å². The Morgan fingerprint density at radius 3 is 2.19 bits per heavy atom. The monoisotopic (exact) mass is 311 g/mol. The van der Waals surface area contributed by atoms with Gasteiger partial charge in [-0.1, -0.05) is 17.7 Å². The van der Waals surface area contributed by atoms with Crippen molar-refractivity contribution >= 4 is 16.0 Å². The van der Waals surface area contributed by atoms with E-state index in [1.165, 1.54) is 19.1 Å². The van der Waals surface area contributed by atoms with Gasteiger partial charge in [0.25, 0.3) is 10.0 Å². The Bertz CT molecular complexity index is 637. The van der Waals surface area contributed by atoms with Gasteiger partial charge in [0, 0.05) is 6.20 Å². The van der Waals surface area contributed by atoms with Gasteiger partial charge in [-0.05, 0) is 46.8 Å². The number of benzene rings is 1. The summed E-state index contributed by atoms with van der Waals surface area (Å²) in [5.74, 6) is -0.561. The van der Waals surface area contributed by atoms with Crippen molar-refractivity contribution in [3.63, 3.8) is 0 Å². The zero-order valence-electron chi connectivity index (χ0n) is 12.9. The van der Waals surface area contributed by atoms with E-state index in [0.29, 0.717) is 0 Å². The molecule has 0 radical (unpaired) electrons. The fourth-order valence-electron chi connectivity index (χ4n) is 1.37. The number of esters is 1. The predicted octanol–water partition coefficient (Wildman–Crippen LogP) is 2.52. The van der Waals surface area contributed by atoms with E-state index in [2.05, 4.69) is 4.72 Å². The van der Waals surface area contributed by atoms with Crippen LogP contribution >= 0.6 is 0 Å². The van der Waals surface area contributed by atoms with Gasteiger partial charge in [-0.15, -0.1) is 0 Å². The van der Waals surface area contributed by atoms with E-state index in [0.717, 1.165) is 11.8 Å². The maximum absolute atomic E-state index is 12.0. The average molecular weight is 311 g/mol. The molecule has 1 rings (SSSR count). The fraction of sp³-hybridized carbons (Fsp3) is 0.400. The number of carbonyl (C=O) groups excluding carboxylic acids is 1. The number of carbonyl (C=O) groups is 1. The SMILES string of the molecule is CC(=CNS(=O)(=O)c1ccc(C)cc1)C(=O)OC(C)(C)C. The van der Waals surface area contributed by atoms with E-state index in [4.69, 9.17) is 4.74 Å². The van der Waals surface area contributed by atoms with Crippen LogP contribution < -0.4 is 4.72 Å². The summed E-state index contributed by atoms with van der Waals surface area (Å²) in [6.45, 7) is 8.60. The van der Waals surface area contributed by atoms with Gasteiger partial charge in [0.15, 0.2) is 0 Å². The maximum Gasteiger partial charge on any atom is 0.335 e. The zero-order valence-corrected chi connectivity index (χ0v) is 13.7. The van der Waals surface area contributed by atoms with Crippen LogP contribution in [0.5, 0.6) is 0 Å². The Balaban J connectivity index is 2.83. The molecule has 6 heteroatoms. The van der Waals surface area contributed by atoms with Crippen LogP contribution in [-0.4, -0.2) is 20.0 Å². The Kier molecular flexibility index (Phi) is 5.17. The summed E-state index contributed by atoms with van der Waals surface area (Å²) in [4.78, 5) is 11.9. The quantitative estimate of drug-likeness (QED) is 0.685. The third kappa shape index (κ3) is 5.59. The Labute approximate surface area is 126 Å². The van der Waals surface area contributed by atoms with Crippen LogP contribution in [0.2, 0.25) is 0 Å². The summed E-state index contributed by atoms with van der Waals surface area (Å²) in [5, 5.41) is 0. The first-order chi connectivity index (χ1) is 9.51. The highest BCUT2D eigenvalue weighted by atomic mass is 32.2. The summed E-state index contributed by atoms with van der Waals surface area (Å²) in [7, 11) is -3.68.